The molecular weight excluding hydrogens is 375 g/mol. The first kappa shape index (κ1) is 20.1. The molecule has 0 fully saturated rings. The van der Waals surface area contributed by atoms with Gasteiger partial charge in [0, 0.05) is 18.2 Å². The van der Waals surface area contributed by atoms with Crippen LogP contribution >= 0.6 is 12.4 Å². The molecule has 3 N–H and O–H groups in total. The van der Waals surface area contributed by atoms with Crippen molar-refractivity contribution >= 4 is 18.3 Å². The number of halogens is 2. The first-order chi connectivity index (χ1) is 13.1. The van der Waals surface area contributed by atoms with Crippen LogP contribution < -0.4 is 11.1 Å². The third-order valence-electron chi connectivity index (χ3n) is 5.17. The van der Waals surface area contributed by atoms with Crippen molar-refractivity contribution in [2.45, 2.75) is 25.4 Å². The fourth-order valence-corrected chi connectivity index (χ4v) is 3.71. The number of hydrogen-bond donors (Lipinski definition) is 2. The van der Waals surface area contributed by atoms with E-state index in [0.717, 1.165) is 30.5 Å². The Bertz CT molecular complexity index is 963. The van der Waals surface area contributed by atoms with Crippen LogP contribution in [0.2, 0.25) is 0 Å². The molecule has 3 nitrogen and oxygen atoms in total. The minimum absolute atomic E-state index is 0. The van der Waals surface area contributed by atoms with E-state index in [9.17, 15) is 9.18 Å². The SMILES string of the molecule is Cl.NC(=O)c1cccc(-c2ccc(CNC3Cc4ccccc4C3)cc2)c1F. The smallest absolute Gasteiger partial charge is 0.251 e. The molecule has 0 spiro atoms. The predicted octanol–water partition coefficient (Wildman–Crippen LogP) is 4.27. The van der Waals surface area contributed by atoms with E-state index in [-0.39, 0.29) is 18.0 Å². The average Bonchev–Trinajstić information content (AvgIpc) is 3.10. The van der Waals surface area contributed by atoms with Crippen molar-refractivity contribution in [1.29, 1.82) is 0 Å². The lowest BCUT2D eigenvalue weighted by Crippen LogP contribution is -2.28. The Morgan fingerprint density at radius 3 is 2.21 bits per heavy atom. The van der Waals surface area contributed by atoms with Gasteiger partial charge in [0.05, 0.1) is 5.56 Å². The number of amides is 1. The van der Waals surface area contributed by atoms with E-state index in [4.69, 9.17) is 5.73 Å². The third kappa shape index (κ3) is 4.08. The summed E-state index contributed by atoms with van der Waals surface area (Å²) in [6.45, 7) is 0.767. The summed E-state index contributed by atoms with van der Waals surface area (Å²) >= 11 is 0. The van der Waals surface area contributed by atoms with E-state index in [1.54, 1.807) is 12.1 Å². The number of nitrogens with two attached hydrogens (primary N) is 1. The summed E-state index contributed by atoms with van der Waals surface area (Å²) in [6.07, 6.45) is 2.11. The Balaban J connectivity index is 0.00000225. The average molecular weight is 397 g/mol. The van der Waals surface area contributed by atoms with Crippen LogP contribution in [0.1, 0.15) is 27.0 Å². The number of primary amides is 1. The van der Waals surface area contributed by atoms with Crippen LogP contribution in [-0.2, 0) is 19.4 Å². The summed E-state index contributed by atoms with van der Waals surface area (Å²) < 4.78 is 14.5. The van der Waals surface area contributed by atoms with Crippen LogP contribution in [0.4, 0.5) is 4.39 Å². The molecule has 0 bridgehead atoms. The predicted molar refractivity (Wildman–Crippen MR) is 112 cm³/mol. The summed E-state index contributed by atoms with van der Waals surface area (Å²) in [4.78, 5) is 11.3. The maximum absolute atomic E-state index is 14.5. The minimum Gasteiger partial charge on any atom is -0.366 e. The van der Waals surface area contributed by atoms with Crippen molar-refractivity contribution in [2.75, 3.05) is 0 Å². The van der Waals surface area contributed by atoms with Gasteiger partial charge in [-0.05, 0) is 41.2 Å². The van der Waals surface area contributed by atoms with Crippen LogP contribution in [0.3, 0.4) is 0 Å². The third-order valence-corrected chi connectivity index (χ3v) is 5.17. The Labute approximate surface area is 170 Å². The summed E-state index contributed by atoms with van der Waals surface area (Å²) in [7, 11) is 0. The van der Waals surface area contributed by atoms with Crippen LogP contribution in [0.5, 0.6) is 0 Å². The molecule has 4 rings (SSSR count). The summed E-state index contributed by atoms with van der Waals surface area (Å²) in [5.41, 5.74) is 10.3. The molecule has 0 aliphatic heterocycles. The van der Waals surface area contributed by atoms with Gasteiger partial charge in [0.2, 0.25) is 0 Å². The van der Waals surface area contributed by atoms with E-state index in [1.807, 2.05) is 24.3 Å². The number of carbonyl (C=O) groups is 1. The van der Waals surface area contributed by atoms with E-state index in [1.165, 1.54) is 17.2 Å². The second-order valence-corrected chi connectivity index (χ2v) is 6.98. The number of nitrogens with one attached hydrogen (secondary N) is 1. The molecule has 0 unspecified atom stereocenters. The zero-order valence-electron chi connectivity index (χ0n) is 15.3. The molecule has 0 heterocycles. The molecule has 28 heavy (non-hydrogen) atoms. The van der Waals surface area contributed by atoms with Crippen LogP contribution in [0, 0.1) is 5.82 Å². The van der Waals surface area contributed by atoms with Gasteiger partial charge in [-0.1, -0.05) is 60.7 Å². The van der Waals surface area contributed by atoms with Crippen molar-refractivity contribution in [3.63, 3.8) is 0 Å². The molecule has 1 aliphatic carbocycles. The number of rotatable bonds is 5. The quantitative estimate of drug-likeness (QED) is 0.676. The molecule has 3 aromatic carbocycles. The highest BCUT2D eigenvalue weighted by Crippen LogP contribution is 2.26. The Hall–Kier alpha value is -2.69. The molecule has 3 aromatic rings. The van der Waals surface area contributed by atoms with E-state index < -0.39 is 11.7 Å². The zero-order chi connectivity index (χ0) is 18.8. The molecule has 144 valence electrons. The van der Waals surface area contributed by atoms with Gasteiger partial charge < -0.3 is 11.1 Å². The second kappa shape index (κ2) is 8.55. The van der Waals surface area contributed by atoms with Gasteiger partial charge in [0.15, 0.2) is 0 Å². The van der Waals surface area contributed by atoms with Crippen molar-refractivity contribution < 1.29 is 9.18 Å². The lowest BCUT2D eigenvalue weighted by Gasteiger charge is -2.12. The molecule has 0 saturated carbocycles. The molecule has 0 atom stereocenters. The van der Waals surface area contributed by atoms with Gasteiger partial charge >= 0.3 is 0 Å². The molecule has 0 aromatic heterocycles. The highest BCUT2D eigenvalue weighted by atomic mass is 35.5. The number of carbonyl (C=O) groups excluding carboxylic acids is 1. The van der Waals surface area contributed by atoms with Crippen molar-refractivity contribution in [3.05, 3.63) is 94.8 Å². The normalized spacial score (nSPS) is 13.0. The summed E-state index contributed by atoms with van der Waals surface area (Å²) in [6, 6.07) is 21.5. The largest absolute Gasteiger partial charge is 0.366 e. The van der Waals surface area contributed by atoms with Crippen molar-refractivity contribution in [2.24, 2.45) is 5.73 Å². The van der Waals surface area contributed by atoms with E-state index in [0.29, 0.717) is 11.6 Å². The van der Waals surface area contributed by atoms with E-state index >= 15 is 0 Å². The molecule has 1 aliphatic rings. The van der Waals surface area contributed by atoms with Gasteiger partial charge in [-0.25, -0.2) is 4.39 Å². The van der Waals surface area contributed by atoms with Crippen LogP contribution in [0.25, 0.3) is 11.1 Å². The number of fused-ring (bicyclic) bond motifs is 1. The first-order valence-corrected chi connectivity index (χ1v) is 9.09. The van der Waals surface area contributed by atoms with Gasteiger partial charge in [-0.3, -0.25) is 4.79 Å². The van der Waals surface area contributed by atoms with Gasteiger partial charge in [-0.2, -0.15) is 0 Å². The monoisotopic (exact) mass is 396 g/mol. The molecule has 1 amide bonds. The Morgan fingerprint density at radius 1 is 0.964 bits per heavy atom. The van der Waals surface area contributed by atoms with E-state index in [2.05, 4.69) is 29.6 Å². The van der Waals surface area contributed by atoms with Gasteiger partial charge in [0.1, 0.15) is 5.82 Å². The lowest BCUT2D eigenvalue weighted by molar-refractivity contribution is 0.0996. The molecule has 0 radical (unpaired) electrons. The first-order valence-electron chi connectivity index (χ1n) is 9.09. The maximum atomic E-state index is 14.5. The fraction of sp³-hybridized carbons (Fsp3) is 0.174. The van der Waals surface area contributed by atoms with Crippen molar-refractivity contribution in [3.8, 4) is 11.1 Å². The second-order valence-electron chi connectivity index (χ2n) is 6.98. The highest BCUT2D eigenvalue weighted by Gasteiger charge is 2.20. The highest BCUT2D eigenvalue weighted by molar-refractivity contribution is 5.94. The summed E-state index contributed by atoms with van der Waals surface area (Å²) in [5, 5.41) is 3.60. The van der Waals surface area contributed by atoms with Gasteiger partial charge in [0.25, 0.3) is 5.91 Å². The summed E-state index contributed by atoms with van der Waals surface area (Å²) in [5.74, 6) is -1.33. The molecular formula is C23H22ClFN2O. The minimum atomic E-state index is -0.757. The van der Waals surface area contributed by atoms with Crippen LogP contribution in [-0.4, -0.2) is 11.9 Å². The lowest BCUT2D eigenvalue weighted by atomic mass is 10.0. The van der Waals surface area contributed by atoms with Crippen LogP contribution in [0.15, 0.2) is 66.7 Å². The zero-order valence-corrected chi connectivity index (χ0v) is 16.1. The maximum Gasteiger partial charge on any atom is 0.251 e. The Kier molecular flexibility index (Phi) is 6.12. The molecule has 0 saturated heterocycles. The standard InChI is InChI=1S/C23H21FN2O.ClH/c24-22-20(6-3-7-21(22)23(25)27)16-10-8-15(9-11-16)14-26-19-12-17-4-1-2-5-18(17)13-19;/h1-11,19,26H,12-14H2,(H2,25,27);1H. The molecule has 5 heteroatoms. The topological polar surface area (TPSA) is 55.1 Å². The van der Waals surface area contributed by atoms with Gasteiger partial charge in [-0.15, -0.1) is 12.4 Å². The van der Waals surface area contributed by atoms with Crippen molar-refractivity contribution in [1.82, 2.24) is 5.32 Å². The number of benzene rings is 3. The fourth-order valence-electron chi connectivity index (χ4n) is 3.71. The Morgan fingerprint density at radius 2 is 1.61 bits per heavy atom. The number of hydrogen-bond acceptors (Lipinski definition) is 2.